The van der Waals surface area contributed by atoms with Crippen LogP contribution in [0.15, 0.2) is 42.6 Å². The molecule has 2 heterocycles. The van der Waals surface area contributed by atoms with Gasteiger partial charge in [-0.2, -0.15) is 0 Å². The van der Waals surface area contributed by atoms with Gasteiger partial charge in [0.15, 0.2) is 0 Å². The van der Waals surface area contributed by atoms with Gasteiger partial charge in [-0.1, -0.05) is 17.7 Å². The molecule has 0 bridgehead atoms. The van der Waals surface area contributed by atoms with E-state index in [2.05, 4.69) is 21.4 Å². The van der Waals surface area contributed by atoms with Crippen LogP contribution in [0.3, 0.4) is 0 Å². The number of aromatic nitrogens is 2. The Morgan fingerprint density at radius 2 is 1.91 bits per heavy atom. The molecule has 1 N–H and O–H groups in total. The van der Waals surface area contributed by atoms with Crippen LogP contribution in [0.25, 0.3) is 10.9 Å². The number of hydrogen-bond acceptors (Lipinski definition) is 3. The third-order valence-corrected chi connectivity index (χ3v) is 3.52. The molecule has 1 aromatic carbocycles. The van der Waals surface area contributed by atoms with E-state index in [1.807, 2.05) is 32.9 Å². The second-order valence-corrected chi connectivity index (χ2v) is 5.46. The van der Waals surface area contributed by atoms with Gasteiger partial charge in [0.05, 0.1) is 11.2 Å². The summed E-state index contributed by atoms with van der Waals surface area (Å²) < 4.78 is 0. The van der Waals surface area contributed by atoms with Gasteiger partial charge in [-0.25, -0.2) is 0 Å². The number of carbonyl (C=O) groups is 1. The Kier molecular flexibility index (Phi) is 3.59. The number of fused-ring (bicyclic) bond motifs is 1. The highest BCUT2D eigenvalue weighted by Gasteiger charge is 2.12. The van der Waals surface area contributed by atoms with Crippen LogP contribution in [-0.2, 0) is 0 Å². The summed E-state index contributed by atoms with van der Waals surface area (Å²) >= 11 is 0. The lowest BCUT2D eigenvalue weighted by Gasteiger charge is -2.12. The Bertz CT molecular complexity index is 857. The van der Waals surface area contributed by atoms with Crippen molar-refractivity contribution >= 4 is 22.5 Å². The minimum absolute atomic E-state index is 0.216. The Morgan fingerprint density at radius 3 is 2.64 bits per heavy atom. The summed E-state index contributed by atoms with van der Waals surface area (Å²) in [5.74, 6) is -0.216. The first kappa shape index (κ1) is 14.2. The van der Waals surface area contributed by atoms with Crippen molar-refractivity contribution in [2.24, 2.45) is 0 Å². The lowest BCUT2D eigenvalue weighted by atomic mass is 10.0. The normalized spacial score (nSPS) is 10.7. The fourth-order valence-corrected chi connectivity index (χ4v) is 2.60. The molecular formula is C18H17N3O. The average Bonchev–Trinajstić information content (AvgIpc) is 2.49. The highest BCUT2D eigenvalue weighted by atomic mass is 16.1. The van der Waals surface area contributed by atoms with Crippen LogP contribution in [0.2, 0.25) is 0 Å². The van der Waals surface area contributed by atoms with Crippen LogP contribution in [0.5, 0.6) is 0 Å². The van der Waals surface area contributed by atoms with Crippen LogP contribution >= 0.6 is 0 Å². The topological polar surface area (TPSA) is 54.9 Å². The number of amides is 1. The van der Waals surface area contributed by atoms with Gasteiger partial charge in [-0.15, -0.1) is 0 Å². The third-order valence-electron chi connectivity index (χ3n) is 3.52. The molecule has 3 aromatic rings. The number of hydrogen-bond donors (Lipinski definition) is 1. The molecule has 0 unspecified atom stereocenters. The van der Waals surface area contributed by atoms with Crippen LogP contribution in [0.4, 0.5) is 5.69 Å². The Labute approximate surface area is 129 Å². The van der Waals surface area contributed by atoms with Crippen molar-refractivity contribution in [1.82, 2.24) is 9.97 Å². The molecule has 0 fully saturated rings. The van der Waals surface area contributed by atoms with E-state index in [0.717, 1.165) is 33.4 Å². The summed E-state index contributed by atoms with van der Waals surface area (Å²) in [6.07, 6.45) is 1.61. The Hall–Kier alpha value is -2.75. The van der Waals surface area contributed by atoms with Gasteiger partial charge in [0.1, 0.15) is 5.69 Å². The first-order valence-corrected chi connectivity index (χ1v) is 7.15. The second kappa shape index (κ2) is 5.56. The van der Waals surface area contributed by atoms with Crippen LogP contribution in [-0.4, -0.2) is 15.9 Å². The van der Waals surface area contributed by atoms with Gasteiger partial charge in [0.25, 0.3) is 5.91 Å². The van der Waals surface area contributed by atoms with Gasteiger partial charge in [-0.3, -0.25) is 14.8 Å². The molecule has 0 aliphatic carbocycles. The lowest BCUT2D eigenvalue weighted by molar-refractivity contribution is 0.102. The molecular weight excluding hydrogens is 274 g/mol. The molecule has 0 radical (unpaired) electrons. The number of benzene rings is 1. The molecule has 22 heavy (non-hydrogen) atoms. The standard InChI is InChI=1S/C18H17N3O/c1-11-8-12(2)17-14(9-11)16(10-13(3)20-17)21-18(22)15-6-4-5-7-19-15/h4-10H,1-3H3,(H,20,21,22). The number of pyridine rings is 2. The molecule has 0 saturated heterocycles. The summed E-state index contributed by atoms with van der Waals surface area (Å²) in [6.45, 7) is 6.00. The molecule has 110 valence electrons. The summed E-state index contributed by atoms with van der Waals surface area (Å²) in [5, 5.41) is 3.91. The summed E-state index contributed by atoms with van der Waals surface area (Å²) in [6, 6.07) is 11.3. The van der Waals surface area contributed by atoms with Gasteiger partial charge >= 0.3 is 0 Å². The van der Waals surface area contributed by atoms with E-state index in [-0.39, 0.29) is 5.91 Å². The van der Waals surface area contributed by atoms with Crippen LogP contribution in [0, 0.1) is 20.8 Å². The molecule has 2 aromatic heterocycles. The maximum atomic E-state index is 12.3. The number of nitrogens with zero attached hydrogens (tertiary/aromatic N) is 2. The second-order valence-electron chi connectivity index (χ2n) is 5.46. The quantitative estimate of drug-likeness (QED) is 0.781. The number of carbonyl (C=O) groups excluding carboxylic acids is 1. The summed E-state index contributed by atoms with van der Waals surface area (Å²) in [5.41, 5.74) is 5.20. The monoisotopic (exact) mass is 291 g/mol. The first-order valence-electron chi connectivity index (χ1n) is 7.15. The number of rotatable bonds is 2. The molecule has 0 aliphatic heterocycles. The smallest absolute Gasteiger partial charge is 0.274 e. The zero-order valence-electron chi connectivity index (χ0n) is 12.8. The molecule has 0 spiro atoms. The van der Waals surface area contributed by atoms with Crippen molar-refractivity contribution in [2.45, 2.75) is 20.8 Å². The molecule has 4 nitrogen and oxygen atoms in total. The highest BCUT2D eigenvalue weighted by Crippen LogP contribution is 2.27. The van der Waals surface area contributed by atoms with Gasteiger partial charge in [0.2, 0.25) is 0 Å². The Morgan fingerprint density at radius 1 is 1.09 bits per heavy atom. The lowest BCUT2D eigenvalue weighted by Crippen LogP contribution is -2.14. The van der Waals surface area contributed by atoms with Crippen molar-refractivity contribution in [2.75, 3.05) is 5.32 Å². The van der Waals surface area contributed by atoms with Crippen molar-refractivity contribution < 1.29 is 4.79 Å². The fraction of sp³-hybridized carbons (Fsp3) is 0.167. The van der Waals surface area contributed by atoms with Crippen molar-refractivity contribution in [3.63, 3.8) is 0 Å². The SMILES string of the molecule is Cc1cc(C)c2nc(C)cc(NC(=O)c3ccccn3)c2c1. The Balaban J connectivity index is 2.09. The van der Waals surface area contributed by atoms with Gasteiger partial charge < -0.3 is 5.32 Å². The zero-order chi connectivity index (χ0) is 15.7. The highest BCUT2D eigenvalue weighted by molar-refractivity contribution is 6.08. The van der Waals surface area contributed by atoms with Crippen molar-refractivity contribution in [1.29, 1.82) is 0 Å². The van der Waals surface area contributed by atoms with E-state index in [0.29, 0.717) is 5.69 Å². The van der Waals surface area contributed by atoms with E-state index in [4.69, 9.17) is 0 Å². The summed E-state index contributed by atoms with van der Waals surface area (Å²) in [4.78, 5) is 21.0. The molecule has 0 atom stereocenters. The average molecular weight is 291 g/mol. The van der Waals surface area contributed by atoms with Crippen LogP contribution < -0.4 is 5.32 Å². The number of nitrogens with one attached hydrogen (secondary N) is 1. The van der Waals surface area contributed by atoms with Crippen molar-refractivity contribution in [3.05, 3.63) is 65.1 Å². The number of anilines is 1. The minimum atomic E-state index is -0.216. The predicted molar refractivity (Wildman–Crippen MR) is 88.1 cm³/mol. The van der Waals surface area contributed by atoms with Gasteiger partial charge in [-0.05, 0) is 50.6 Å². The van der Waals surface area contributed by atoms with E-state index in [1.54, 1.807) is 24.4 Å². The van der Waals surface area contributed by atoms with E-state index in [9.17, 15) is 4.79 Å². The first-order chi connectivity index (χ1) is 10.5. The fourth-order valence-electron chi connectivity index (χ4n) is 2.60. The van der Waals surface area contributed by atoms with Crippen LogP contribution in [0.1, 0.15) is 27.3 Å². The molecule has 4 heteroatoms. The van der Waals surface area contributed by atoms with E-state index >= 15 is 0 Å². The third kappa shape index (κ3) is 2.68. The molecule has 3 rings (SSSR count). The number of aryl methyl sites for hydroxylation is 3. The summed E-state index contributed by atoms with van der Waals surface area (Å²) in [7, 11) is 0. The molecule has 0 saturated carbocycles. The zero-order valence-corrected chi connectivity index (χ0v) is 12.8. The van der Waals surface area contributed by atoms with E-state index < -0.39 is 0 Å². The largest absolute Gasteiger partial charge is 0.320 e. The maximum Gasteiger partial charge on any atom is 0.274 e. The molecule has 1 amide bonds. The predicted octanol–water partition coefficient (Wildman–Crippen LogP) is 3.81. The molecule has 0 aliphatic rings. The van der Waals surface area contributed by atoms with E-state index in [1.165, 1.54) is 0 Å². The maximum absolute atomic E-state index is 12.3. The van der Waals surface area contributed by atoms with Gasteiger partial charge in [0, 0.05) is 17.3 Å². The van der Waals surface area contributed by atoms with Crippen molar-refractivity contribution in [3.8, 4) is 0 Å². The minimum Gasteiger partial charge on any atom is -0.320 e.